The van der Waals surface area contributed by atoms with E-state index in [1.807, 2.05) is 18.0 Å². The second kappa shape index (κ2) is 5.73. The van der Waals surface area contributed by atoms with Gasteiger partial charge in [-0.25, -0.2) is 4.39 Å². The Morgan fingerprint density at radius 2 is 2.00 bits per heavy atom. The molecule has 0 atom stereocenters. The van der Waals surface area contributed by atoms with Gasteiger partial charge in [-0.05, 0) is 30.3 Å². The van der Waals surface area contributed by atoms with Crippen molar-refractivity contribution < 1.29 is 4.39 Å². The number of benzene rings is 2. The van der Waals surface area contributed by atoms with Crippen molar-refractivity contribution in [3.05, 3.63) is 59.4 Å². The van der Waals surface area contributed by atoms with Gasteiger partial charge >= 0.3 is 0 Å². The topological polar surface area (TPSA) is 27.0 Å². The first-order valence-corrected chi connectivity index (χ1v) is 6.28. The van der Waals surface area contributed by atoms with Crippen LogP contribution in [0.1, 0.15) is 11.1 Å². The van der Waals surface area contributed by atoms with Gasteiger partial charge in [0.25, 0.3) is 0 Å². The van der Waals surface area contributed by atoms with Crippen molar-refractivity contribution in [3.63, 3.8) is 0 Å². The Bertz CT molecular complexity index is 634. The normalized spacial score (nSPS) is 10.0. The molecule has 2 rings (SSSR count). The predicted octanol–water partition coefficient (Wildman–Crippen LogP) is 4.20. The van der Waals surface area contributed by atoms with Gasteiger partial charge in [-0.3, -0.25) is 0 Å². The fourth-order valence-corrected chi connectivity index (χ4v) is 2.18. The zero-order valence-corrected chi connectivity index (χ0v) is 11.2. The van der Waals surface area contributed by atoms with Crippen LogP contribution in [0.2, 0.25) is 0 Å². The molecule has 0 fully saturated rings. The van der Waals surface area contributed by atoms with Crippen LogP contribution in [0, 0.1) is 17.1 Å². The summed E-state index contributed by atoms with van der Waals surface area (Å²) >= 11 is 5.81. The Balaban J connectivity index is 2.47. The zero-order valence-electron chi connectivity index (χ0n) is 10.4. The largest absolute Gasteiger partial charge is 0.344 e. The molecule has 0 unspecified atom stereocenters. The van der Waals surface area contributed by atoms with Gasteiger partial charge < -0.3 is 4.90 Å². The second-order valence-electron chi connectivity index (χ2n) is 4.09. The molecule has 0 N–H and O–H groups in total. The maximum absolute atomic E-state index is 13.7. The van der Waals surface area contributed by atoms with Crippen LogP contribution in [-0.2, 0) is 5.88 Å². The summed E-state index contributed by atoms with van der Waals surface area (Å²) in [4.78, 5) is 1.82. The van der Waals surface area contributed by atoms with Gasteiger partial charge in [0.05, 0.1) is 17.5 Å². The molecule has 0 aliphatic rings. The molecule has 0 saturated carbocycles. The highest BCUT2D eigenvalue weighted by atomic mass is 35.5. The molecule has 0 bridgehead atoms. The maximum atomic E-state index is 13.7. The van der Waals surface area contributed by atoms with E-state index >= 15 is 0 Å². The van der Waals surface area contributed by atoms with E-state index < -0.39 is 0 Å². The molecular formula is C15H12ClFN2. The summed E-state index contributed by atoms with van der Waals surface area (Å²) in [5.74, 6) is -0.222. The molecule has 0 saturated heterocycles. The van der Waals surface area contributed by atoms with Crippen molar-refractivity contribution in [2.24, 2.45) is 0 Å². The standard InChI is InChI=1S/C15H12ClFN2/c1-19(12-5-2-4-11(8-12)10-18)15-7-3-6-14(17)13(15)9-16/h2-8H,9H2,1H3. The van der Waals surface area contributed by atoms with Gasteiger partial charge in [-0.15, -0.1) is 11.6 Å². The van der Waals surface area contributed by atoms with E-state index in [1.54, 1.807) is 30.3 Å². The molecule has 0 aliphatic heterocycles. The molecule has 0 aromatic heterocycles. The van der Waals surface area contributed by atoms with Crippen LogP contribution in [0.15, 0.2) is 42.5 Å². The molecule has 2 nitrogen and oxygen atoms in total. The van der Waals surface area contributed by atoms with Gasteiger partial charge in [0.1, 0.15) is 5.82 Å². The van der Waals surface area contributed by atoms with Crippen LogP contribution in [-0.4, -0.2) is 7.05 Å². The van der Waals surface area contributed by atoms with Gasteiger partial charge in [-0.1, -0.05) is 12.1 Å². The van der Waals surface area contributed by atoms with E-state index in [0.29, 0.717) is 16.8 Å². The SMILES string of the molecule is CN(c1cccc(C#N)c1)c1cccc(F)c1CCl. The lowest BCUT2D eigenvalue weighted by molar-refractivity contribution is 0.617. The van der Waals surface area contributed by atoms with Crippen molar-refractivity contribution in [2.45, 2.75) is 5.88 Å². The second-order valence-corrected chi connectivity index (χ2v) is 4.36. The van der Waals surface area contributed by atoms with Gasteiger partial charge in [-0.2, -0.15) is 5.26 Å². The summed E-state index contributed by atoms with van der Waals surface area (Å²) in [5, 5.41) is 8.91. The lowest BCUT2D eigenvalue weighted by atomic mass is 10.1. The van der Waals surface area contributed by atoms with E-state index in [2.05, 4.69) is 6.07 Å². The van der Waals surface area contributed by atoms with Crippen LogP contribution in [0.5, 0.6) is 0 Å². The molecule has 2 aromatic carbocycles. The van der Waals surface area contributed by atoms with E-state index in [9.17, 15) is 4.39 Å². The summed E-state index contributed by atoms with van der Waals surface area (Å²) in [6.45, 7) is 0. The molecule has 96 valence electrons. The van der Waals surface area contributed by atoms with E-state index in [-0.39, 0.29) is 11.7 Å². The third-order valence-corrected chi connectivity index (χ3v) is 3.22. The van der Waals surface area contributed by atoms with Crippen LogP contribution >= 0.6 is 11.6 Å². The number of anilines is 2. The van der Waals surface area contributed by atoms with Crippen molar-refractivity contribution in [1.82, 2.24) is 0 Å². The van der Waals surface area contributed by atoms with Gasteiger partial charge in [0.2, 0.25) is 0 Å². The van der Waals surface area contributed by atoms with Gasteiger partial charge in [0.15, 0.2) is 0 Å². The fraction of sp³-hybridized carbons (Fsp3) is 0.133. The molecule has 2 aromatic rings. The van der Waals surface area contributed by atoms with E-state index in [4.69, 9.17) is 16.9 Å². The highest BCUT2D eigenvalue weighted by molar-refractivity contribution is 6.17. The van der Waals surface area contributed by atoms with E-state index in [1.165, 1.54) is 6.07 Å². The molecule has 0 aliphatic carbocycles. The Morgan fingerprint density at radius 1 is 1.26 bits per heavy atom. The molecule has 0 spiro atoms. The third kappa shape index (κ3) is 2.69. The molecule has 0 amide bonds. The fourth-order valence-electron chi connectivity index (χ4n) is 1.92. The average molecular weight is 275 g/mol. The molecular weight excluding hydrogens is 263 g/mol. The number of hydrogen-bond acceptors (Lipinski definition) is 2. The number of nitrogens with zero attached hydrogens (tertiary/aromatic N) is 2. The number of alkyl halides is 1. The number of halogens is 2. The zero-order chi connectivity index (χ0) is 13.8. The first-order valence-electron chi connectivity index (χ1n) is 5.74. The minimum Gasteiger partial charge on any atom is -0.344 e. The van der Waals surface area contributed by atoms with E-state index in [0.717, 1.165) is 5.69 Å². The van der Waals surface area contributed by atoms with Crippen molar-refractivity contribution in [3.8, 4) is 6.07 Å². The quantitative estimate of drug-likeness (QED) is 0.784. The molecule has 0 heterocycles. The van der Waals surface area contributed by atoms with Crippen LogP contribution in [0.3, 0.4) is 0 Å². The predicted molar refractivity (Wildman–Crippen MR) is 75.2 cm³/mol. The molecule has 0 radical (unpaired) electrons. The minimum atomic E-state index is -0.323. The highest BCUT2D eigenvalue weighted by Crippen LogP contribution is 2.30. The molecule has 19 heavy (non-hydrogen) atoms. The van der Waals surface area contributed by atoms with Crippen LogP contribution in [0.25, 0.3) is 0 Å². The maximum Gasteiger partial charge on any atom is 0.129 e. The summed E-state index contributed by atoms with van der Waals surface area (Å²) in [6, 6.07) is 14.1. The lowest BCUT2D eigenvalue weighted by Crippen LogP contribution is -2.12. The number of nitriles is 1. The Morgan fingerprint density at radius 3 is 2.68 bits per heavy atom. The first-order chi connectivity index (χ1) is 9.17. The van der Waals surface area contributed by atoms with Crippen LogP contribution in [0.4, 0.5) is 15.8 Å². The smallest absolute Gasteiger partial charge is 0.129 e. The monoisotopic (exact) mass is 274 g/mol. The van der Waals surface area contributed by atoms with Crippen molar-refractivity contribution in [2.75, 3.05) is 11.9 Å². The Kier molecular flexibility index (Phi) is 4.03. The third-order valence-electron chi connectivity index (χ3n) is 2.95. The number of hydrogen-bond donors (Lipinski definition) is 0. The van der Waals surface area contributed by atoms with Crippen molar-refractivity contribution in [1.29, 1.82) is 5.26 Å². The first kappa shape index (κ1) is 13.4. The van der Waals surface area contributed by atoms with Crippen LogP contribution < -0.4 is 4.90 Å². The van der Waals surface area contributed by atoms with Crippen molar-refractivity contribution >= 4 is 23.0 Å². The van der Waals surface area contributed by atoms with Gasteiger partial charge in [0, 0.05) is 24.0 Å². The Hall–Kier alpha value is -2.05. The number of rotatable bonds is 3. The highest BCUT2D eigenvalue weighted by Gasteiger charge is 2.12. The summed E-state index contributed by atoms with van der Waals surface area (Å²) < 4.78 is 13.7. The minimum absolute atomic E-state index is 0.101. The summed E-state index contributed by atoms with van der Waals surface area (Å²) in [7, 11) is 1.82. The average Bonchev–Trinajstić information content (AvgIpc) is 2.46. The lowest BCUT2D eigenvalue weighted by Gasteiger charge is -2.22. The summed E-state index contributed by atoms with van der Waals surface area (Å²) in [6.07, 6.45) is 0. The Labute approximate surface area is 116 Å². The molecule has 4 heteroatoms. The summed E-state index contributed by atoms with van der Waals surface area (Å²) in [5.41, 5.74) is 2.53.